The lowest BCUT2D eigenvalue weighted by Crippen LogP contribution is -2.19. The lowest BCUT2D eigenvalue weighted by atomic mass is 9.80. The Kier molecular flexibility index (Phi) is 2.36. The van der Waals surface area contributed by atoms with Gasteiger partial charge in [-0.15, -0.1) is 0 Å². The van der Waals surface area contributed by atoms with Crippen LogP contribution in [-0.4, -0.2) is 5.78 Å². The van der Waals surface area contributed by atoms with Crippen LogP contribution in [0.3, 0.4) is 0 Å². The highest BCUT2D eigenvalue weighted by molar-refractivity contribution is 5.87. The van der Waals surface area contributed by atoms with Gasteiger partial charge in [0, 0.05) is 12.3 Å². The highest BCUT2D eigenvalue weighted by Crippen LogP contribution is 2.31. The van der Waals surface area contributed by atoms with Gasteiger partial charge in [-0.2, -0.15) is 0 Å². The highest BCUT2D eigenvalue weighted by atomic mass is 19.1. The molecule has 0 saturated heterocycles. The van der Waals surface area contributed by atoms with Crippen molar-refractivity contribution in [3.8, 4) is 0 Å². The monoisotopic (exact) mass is 192 g/mol. The van der Waals surface area contributed by atoms with Crippen molar-refractivity contribution < 1.29 is 9.18 Å². The third-order valence-electron chi connectivity index (χ3n) is 2.92. The molecule has 14 heavy (non-hydrogen) atoms. The quantitative estimate of drug-likeness (QED) is 0.668. The minimum atomic E-state index is -0.201. The molecule has 1 aromatic rings. The van der Waals surface area contributed by atoms with Gasteiger partial charge in [0.2, 0.25) is 0 Å². The Balaban J connectivity index is 2.47. The van der Waals surface area contributed by atoms with Crippen LogP contribution in [0.1, 0.15) is 36.8 Å². The first kappa shape index (κ1) is 9.38. The van der Waals surface area contributed by atoms with Crippen molar-refractivity contribution in [1.82, 2.24) is 0 Å². The molecule has 1 aromatic carbocycles. The molecule has 1 nitrogen and oxygen atoms in total. The molecule has 1 aliphatic carbocycles. The number of hydrogen-bond acceptors (Lipinski definition) is 1. The van der Waals surface area contributed by atoms with Crippen LogP contribution in [0.2, 0.25) is 0 Å². The van der Waals surface area contributed by atoms with Gasteiger partial charge in [0.25, 0.3) is 0 Å². The molecular formula is C12H13FO. The molecule has 0 fully saturated rings. The smallest absolute Gasteiger partial charge is 0.140 e. The molecule has 0 heterocycles. The summed E-state index contributed by atoms with van der Waals surface area (Å²) in [6.45, 7) is 2.00. The number of aryl methyl sites for hydroxylation is 1. The largest absolute Gasteiger partial charge is 0.299 e. The Morgan fingerprint density at radius 1 is 1.43 bits per heavy atom. The summed E-state index contributed by atoms with van der Waals surface area (Å²) in [5.74, 6) is 0.0962. The molecule has 0 amide bonds. The minimum absolute atomic E-state index is 0.000602. The lowest BCUT2D eigenvalue weighted by Gasteiger charge is -2.23. The number of hydrogen-bond donors (Lipinski definition) is 0. The van der Waals surface area contributed by atoms with E-state index in [4.69, 9.17) is 0 Å². The van der Waals surface area contributed by atoms with Gasteiger partial charge in [-0.25, -0.2) is 4.39 Å². The van der Waals surface area contributed by atoms with E-state index < -0.39 is 0 Å². The van der Waals surface area contributed by atoms with Gasteiger partial charge in [-0.05, 0) is 36.1 Å². The minimum Gasteiger partial charge on any atom is -0.299 e. The number of fused-ring (bicyclic) bond motifs is 1. The van der Waals surface area contributed by atoms with Crippen LogP contribution in [0.4, 0.5) is 4.39 Å². The number of ketones is 1. The van der Waals surface area contributed by atoms with Gasteiger partial charge in [0.1, 0.15) is 11.6 Å². The van der Waals surface area contributed by atoms with Gasteiger partial charge >= 0.3 is 0 Å². The number of carbonyl (C=O) groups is 1. The average molecular weight is 192 g/mol. The van der Waals surface area contributed by atoms with Crippen LogP contribution in [0, 0.1) is 5.82 Å². The maximum absolute atomic E-state index is 12.9. The molecule has 2 rings (SSSR count). The van der Waals surface area contributed by atoms with Crippen LogP contribution < -0.4 is 0 Å². The molecule has 0 N–H and O–H groups in total. The second-order valence-electron chi connectivity index (χ2n) is 3.77. The van der Waals surface area contributed by atoms with Crippen LogP contribution in [0.5, 0.6) is 0 Å². The van der Waals surface area contributed by atoms with E-state index in [0.717, 1.165) is 17.5 Å². The molecule has 0 unspecified atom stereocenters. The second kappa shape index (κ2) is 3.52. The Labute approximate surface area is 82.9 Å². The molecule has 0 aliphatic heterocycles. The van der Waals surface area contributed by atoms with E-state index in [1.807, 2.05) is 6.92 Å². The summed E-state index contributed by atoms with van der Waals surface area (Å²) < 4.78 is 12.9. The zero-order valence-corrected chi connectivity index (χ0v) is 8.22. The van der Waals surface area contributed by atoms with Crippen molar-refractivity contribution in [3.05, 3.63) is 35.1 Å². The fourth-order valence-corrected chi connectivity index (χ4v) is 2.18. The Hall–Kier alpha value is -1.18. The summed E-state index contributed by atoms with van der Waals surface area (Å²) in [6, 6.07) is 4.76. The fraction of sp³-hybridized carbons (Fsp3) is 0.417. The predicted molar refractivity (Wildman–Crippen MR) is 52.8 cm³/mol. The second-order valence-corrected chi connectivity index (χ2v) is 3.77. The standard InChI is InChI=1S/C12H13FO/c1-2-10-11-5-4-9(13)7-8(11)3-6-12(10)14/h4-5,7,10H,2-3,6H2,1H3/t10-/m0/s1. The lowest BCUT2D eigenvalue weighted by molar-refractivity contribution is -0.121. The summed E-state index contributed by atoms with van der Waals surface area (Å²) in [4.78, 5) is 11.6. The van der Waals surface area contributed by atoms with Crippen molar-refractivity contribution in [2.45, 2.75) is 32.1 Å². The van der Waals surface area contributed by atoms with Gasteiger partial charge in [-0.3, -0.25) is 4.79 Å². The summed E-state index contributed by atoms with van der Waals surface area (Å²) in [5, 5.41) is 0. The van der Waals surface area contributed by atoms with E-state index in [0.29, 0.717) is 18.6 Å². The van der Waals surface area contributed by atoms with Crippen LogP contribution in [-0.2, 0) is 11.2 Å². The highest BCUT2D eigenvalue weighted by Gasteiger charge is 2.25. The van der Waals surface area contributed by atoms with E-state index >= 15 is 0 Å². The van der Waals surface area contributed by atoms with E-state index in [-0.39, 0.29) is 11.7 Å². The number of benzene rings is 1. The normalized spacial score (nSPS) is 20.7. The van der Waals surface area contributed by atoms with Crippen LogP contribution in [0.15, 0.2) is 18.2 Å². The Morgan fingerprint density at radius 3 is 2.93 bits per heavy atom. The maximum Gasteiger partial charge on any atom is 0.140 e. The van der Waals surface area contributed by atoms with Gasteiger partial charge in [0.05, 0.1) is 0 Å². The van der Waals surface area contributed by atoms with Crippen LogP contribution >= 0.6 is 0 Å². The fourth-order valence-electron chi connectivity index (χ4n) is 2.18. The predicted octanol–water partition coefficient (Wildman–Crippen LogP) is 2.83. The first-order valence-corrected chi connectivity index (χ1v) is 5.03. The SMILES string of the molecule is CC[C@@H]1C(=O)CCc2cc(F)ccc21. The summed E-state index contributed by atoms with van der Waals surface area (Å²) in [6.07, 6.45) is 2.08. The maximum atomic E-state index is 12.9. The van der Waals surface area contributed by atoms with Crippen LogP contribution in [0.25, 0.3) is 0 Å². The van der Waals surface area contributed by atoms with Crippen molar-refractivity contribution in [1.29, 1.82) is 0 Å². The average Bonchev–Trinajstić information content (AvgIpc) is 2.18. The number of carbonyl (C=O) groups excluding carboxylic acids is 1. The molecule has 2 heteroatoms. The third kappa shape index (κ3) is 1.45. The van der Waals surface area contributed by atoms with Gasteiger partial charge in [0.15, 0.2) is 0 Å². The van der Waals surface area contributed by atoms with Crippen molar-refractivity contribution in [2.24, 2.45) is 0 Å². The van der Waals surface area contributed by atoms with Crippen molar-refractivity contribution in [3.63, 3.8) is 0 Å². The molecule has 0 saturated carbocycles. The Bertz CT molecular complexity index is 371. The molecular weight excluding hydrogens is 179 g/mol. The molecule has 0 spiro atoms. The zero-order valence-electron chi connectivity index (χ0n) is 8.22. The number of rotatable bonds is 1. The van der Waals surface area contributed by atoms with Crippen molar-refractivity contribution in [2.75, 3.05) is 0 Å². The molecule has 1 atom stereocenters. The topological polar surface area (TPSA) is 17.1 Å². The first-order chi connectivity index (χ1) is 6.72. The third-order valence-corrected chi connectivity index (χ3v) is 2.92. The Morgan fingerprint density at radius 2 is 2.21 bits per heavy atom. The molecule has 0 bridgehead atoms. The first-order valence-electron chi connectivity index (χ1n) is 5.03. The summed E-state index contributed by atoms with van der Waals surface area (Å²) in [5.41, 5.74) is 2.04. The van der Waals surface area contributed by atoms with E-state index in [1.165, 1.54) is 6.07 Å². The summed E-state index contributed by atoms with van der Waals surface area (Å²) in [7, 11) is 0. The zero-order chi connectivity index (χ0) is 10.1. The number of Topliss-reactive ketones (excluding diaryl/α,β-unsaturated/α-hetero) is 1. The summed E-state index contributed by atoms with van der Waals surface area (Å²) >= 11 is 0. The van der Waals surface area contributed by atoms with Gasteiger partial charge in [-0.1, -0.05) is 13.0 Å². The van der Waals surface area contributed by atoms with E-state index in [9.17, 15) is 9.18 Å². The molecule has 0 radical (unpaired) electrons. The van der Waals surface area contributed by atoms with E-state index in [1.54, 1.807) is 12.1 Å². The van der Waals surface area contributed by atoms with E-state index in [2.05, 4.69) is 0 Å². The number of halogens is 1. The molecule has 1 aliphatic rings. The van der Waals surface area contributed by atoms with Crippen molar-refractivity contribution >= 4 is 5.78 Å². The van der Waals surface area contributed by atoms with Gasteiger partial charge < -0.3 is 0 Å². The molecule has 0 aromatic heterocycles. The molecule has 74 valence electrons.